The van der Waals surface area contributed by atoms with Crippen molar-refractivity contribution in [3.8, 4) is 0 Å². The molecule has 0 aliphatic carbocycles. The van der Waals surface area contributed by atoms with Gasteiger partial charge in [-0.25, -0.2) is 0 Å². The van der Waals surface area contributed by atoms with Gasteiger partial charge in [0.15, 0.2) is 0 Å². The molecular weight excluding hydrogens is 264 g/mol. The Bertz CT molecular complexity index is 314. The molecule has 0 bridgehead atoms. The highest BCUT2D eigenvalue weighted by molar-refractivity contribution is 5.84. The Hall–Kier alpha value is -1.72. The number of hydrogen-bond donors (Lipinski definition) is 0. The van der Waals surface area contributed by atoms with E-state index in [1.165, 1.54) is 13.8 Å². The second-order valence-electron chi connectivity index (χ2n) is 4.55. The molecule has 0 N–H and O–H groups in total. The van der Waals surface area contributed by atoms with E-state index in [1.807, 2.05) is 0 Å². The molecule has 6 nitrogen and oxygen atoms in total. The van der Waals surface area contributed by atoms with Gasteiger partial charge >= 0.3 is 23.9 Å². The van der Waals surface area contributed by atoms with Crippen LogP contribution < -0.4 is 0 Å². The molecule has 0 rings (SSSR count). The van der Waals surface area contributed by atoms with E-state index in [0.29, 0.717) is 12.8 Å². The summed E-state index contributed by atoms with van der Waals surface area (Å²) in [5.74, 6) is -2.12. The molecule has 0 aliphatic heterocycles. The van der Waals surface area contributed by atoms with Crippen LogP contribution in [-0.2, 0) is 28.7 Å². The highest BCUT2D eigenvalue weighted by Gasteiger charge is 2.06. The fourth-order valence-corrected chi connectivity index (χ4v) is 1.67. The second kappa shape index (κ2) is 11.1. The van der Waals surface area contributed by atoms with Gasteiger partial charge in [-0.2, -0.15) is 0 Å². The van der Waals surface area contributed by atoms with Gasteiger partial charge in [0, 0.05) is 26.7 Å². The van der Waals surface area contributed by atoms with Crippen molar-refractivity contribution in [1.82, 2.24) is 0 Å². The third-order valence-electron chi connectivity index (χ3n) is 2.53. The number of esters is 4. The summed E-state index contributed by atoms with van der Waals surface area (Å²) in [7, 11) is 0. The summed E-state index contributed by atoms with van der Waals surface area (Å²) in [5.41, 5.74) is 0. The molecule has 0 radical (unpaired) electrons. The molecule has 0 aromatic rings. The lowest BCUT2D eigenvalue weighted by Gasteiger charge is -2.02. The summed E-state index contributed by atoms with van der Waals surface area (Å²) in [6.07, 6.45) is 5.56. The largest absolute Gasteiger partial charge is 0.393 e. The summed E-state index contributed by atoms with van der Waals surface area (Å²) in [6.45, 7) is 2.41. The summed E-state index contributed by atoms with van der Waals surface area (Å²) in [4.78, 5) is 43.0. The van der Waals surface area contributed by atoms with Crippen LogP contribution in [0.5, 0.6) is 0 Å². The molecule has 0 spiro atoms. The predicted octanol–water partition coefficient (Wildman–Crippen LogP) is 2.29. The van der Waals surface area contributed by atoms with Gasteiger partial charge in [0.2, 0.25) is 0 Å². The van der Waals surface area contributed by atoms with E-state index < -0.39 is 23.9 Å². The fourth-order valence-electron chi connectivity index (χ4n) is 1.67. The van der Waals surface area contributed by atoms with E-state index in [-0.39, 0.29) is 12.8 Å². The molecular formula is C14H22O6. The molecule has 0 unspecified atom stereocenters. The molecule has 0 amide bonds. The first-order valence-corrected chi connectivity index (χ1v) is 6.84. The SMILES string of the molecule is CC(=O)OC(=O)CCCCCCCCC(=O)OC(C)=O. The van der Waals surface area contributed by atoms with Crippen LogP contribution in [0.15, 0.2) is 0 Å². The Morgan fingerprint density at radius 3 is 1.20 bits per heavy atom. The Morgan fingerprint density at radius 1 is 0.600 bits per heavy atom. The zero-order valence-electron chi connectivity index (χ0n) is 12.1. The Labute approximate surface area is 118 Å². The van der Waals surface area contributed by atoms with Crippen LogP contribution in [0.2, 0.25) is 0 Å². The lowest BCUT2D eigenvalue weighted by atomic mass is 10.1. The maximum absolute atomic E-state index is 11.0. The van der Waals surface area contributed by atoms with Crippen molar-refractivity contribution in [1.29, 1.82) is 0 Å². The normalized spacial score (nSPS) is 9.90. The van der Waals surface area contributed by atoms with E-state index in [0.717, 1.165) is 25.7 Å². The zero-order valence-corrected chi connectivity index (χ0v) is 12.1. The van der Waals surface area contributed by atoms with E-state index in [9.17, 15) is 19.2 Å². The van der Waals surface area contributed by atoms with Gasteiger partial charge in [0.1, 0.15) is 0 Å². The molecule has 114 valence electrons. The van der Waals surface area contributed by atoms with Gasteiger partial charge < -0.3 is 9.47 Å². The average Bonchev–Trinajstić information content (AvgIpc) is 2.30. The van der Waals surface area contributed by atoms with Crippen molar-refractivity contribution >= 4 is 23.9 Å². The van der Waals surface area contributed by atoms with E-state index in [1.54, 1.807) is 0 Å². The van der Waals surface area contributed by atoms with Crippen LogP contribution in [0.25, 0.3) is 0 Å². The third kappa shape index (κ3) is 12.7. The van der Waals surface area contributed by atoms with Crippen molar-refractivity contribution < 1.29 is 28.7 Å². The molecule has 0 atom stereocenters. The predicted molar refractivity (Wildman–Crippen MR) is 70.5 cm³/mol. The summed E-state index contributed by atoms with van der Waals surface area (Å²) in [6, 6.07) is 0. The maximum Gasteiger partial charge on any atom is 0.313 e. The highest BCUT2D eigenvalue weighted by Crippen LogP contribution is 2.09. The first-order valence-electron chi connectivity index (χ1n) is 6.84. The third-order valence-corrected chi connectivity index (χ3v) is 2.53. The van der Waals surface area contributed by atoms with E-state index >= 15 is 0 Å². The topological polar surface area (TPSA) is 86.7 Å². The Balaban J connectivity index is 3.33. The van der Waals surface area contributed by atoms with Crippen molar-refractivity contribution in [3.63, 3.8) is 0 Å². The number of unbranched alkanes of at least 4 members (excludes halogenated alkanes) is 5. The van der Waals surface area contributed by atoms with Crippen LogP contribution in [0.1, 0.15) is 65.2 Å². The monoisotopic (exact) mass is 286 g/mol. The molecule has 0 fully saturated rings. The van der Waals surface area contributed by atoms with Gasteiger partial charge in [-0.1, -0.05) is 25.7 Å². The Morgan fingerprint density at radius 2 is 0.900 bits per heavy atom. The summed E-state index contributed by atoms with van der Waals surface area (Å²) >= 11 is 0. The van der Waals surface area contributed by atoms with Crippen LogP contribution in [0, 0.1) is 0 Å². The standard InChI is InChI=1S/C14H22O6/c1-11(15)19-13(17)9-7-5-3-4-6-8-10-14(18)20-12(2)16/h3-10H2,1-2H3. The number of hydrogen-bond acceptors (Lipinski definition) is 6. The van der Waals surface area contributed by atoms with E-state index in [4.69, 9.17) is 0 Å². The molecule has 0 aromatic heterocycles. The Kier molecular flexibility index (Phi) is 10.2. The molecule has 0 aliphatic rings. The molecule has 20 heavy (non-hydrogen) atoms. The fraction of sp³-hybridized carbons (Fsp3) is 0.714. The van der Waals surface area contributed by atoms with Gasteiger partial charge in [0.25, 0.3) is 0 Å². The van der Waals surface area contributed by atoms with Gasteiger partial charge in [-0.3, -0.25) is 19.2 Å². The number of ether oxygens (including phenoxy) is 2. The van der Waals surface area contributed by atoms with E-state index in [2.05, 4.69) is 9.47 Å². The first kappa shape index (κ1) is 18.3. The van der Waals surface area contributed by atoms with Gasteiger partial charge in [0.05, 0.1) is 0 Å². The van der Waals surface area contributed by atoms with Crippen LogP contribution in [0.3, 0.4) is 0 Å². The minimum Gasteiger partial charge on any atom is -0.393 e. The number of carbonyl (C=O) groups excluding carboxylic acids is 4. The number of rotatable bonds is 9. The molecule has 0 heterocycles. The zero-order chi connectivity index (χ0) is 15.4. The smallest absolute Gasteiger partial charge is 0.313 e. The quantitative estimate of drug-likeness (QED) is 0.367. The summed E-state index contributed by atoms with van der Waals surface area (Å²) < 4.78 is 8.79. The summed E-state index contributed by atoms with van der Waals surface area (Å²) in [5, 5.41) is 0. The van der Waals surface area contributed by atoms with Crippen molar-refractivity contribution in [2.24, 2.45) is 0 Å². The lowest BCUT2D eigenvalue weighted by Crippen LogP contribution is -2.08. The maximum atomic E-state index is 11.0. The van der Waals surface area contributed by atoms with Crippen LogP contribution in [0.4, 0.5) is 0 Å². The average molecular weight is 286 g/mol. The van der Waals surface area contributed by atoms with Gasteiger partial charge in [-0.15, -0.1) is 0 Å². The first-order chi connectivity index (χ1) is 9.41. The highest BCUT2D eigenvalue weighted by atomic mass is 16.6. The molecule has 0 aromatic carbocycles. The minimum absolute atomic E-state index is 0.254. The molecule has 6 heteroatoms. The van der Waals surface area contributed by atoms with Crippen molar-refractivity contribution in [2.75, 3.05) is 0 Å². The minimum atomic E-state index is -0.576. The second-order valence-corrected chi connectivity index (χ2v) is 4.55. The lowest BCUT2D eigenvalue weighted by molar-refractivity contribution is -0.160. The van der Waals surface area contributed by atoms with Crippen molar-refractivity contribution in [2.45, 2.75) is 65.2 Å². The van der Waals surface area contributed by atoms with Crippen LogP contribution >= 0.6 is 0 Å². The van der Waals surface area contributed by atoms with Gasteiger partial charge in [-0.05, 0) is 12.8 Å². The van der Waals surface area contributed by atoms with Crippen LogP contribution in [-0.4, -0.2) is 23.9 Å². The van der Waals surface area contributed by atoms with Crippen molar-refractivity contribution in [3.05, 3.63) is 0 Å². The molecule has 0 saturated carbocycles. The molecule has 0 saturated heterocycles. The number of carbonyl (C=O) groups is 4.